The van der Waals surface area contributed by atoms with E-state index in [-0.39, 0.29) is 13.0 Å². The maximum absolute atomic E-state index is 14.0. The Morgan fingerprint density at radius 2 is 1.12 bits per heavy atom. The highest BCUT2D eigenvalue weighted by atomic mass is 19.4. The average molecular weight is 495 g/mol. The Bertz CT molecular complexity index is 955. The lowest BCUT2D eigenvalue weighted by atomic mass is 10.1. The summed E-state index contributed by atoms with van der Waals surface area (Å²) in [4.78, 5) is 26.3. The van der Waals surface area contributed by atoms with E-state index < -0.39 is 58.1 Å². The summed E-state index contributed by atoms with van der Waals surface area (Å²) in [7, 11) is 0. The number of hydrogen-bond donors (Lipinski definition) is 0. The number of imide groups is 1. The molecule has 3 nitrogen and oxygen atoms in total. The van der Waals surface area contributed by atoms with Crippen molar-refractivity contribution in [3.05, 3.63) is 70.3 Å². The first-order valence-electron chi connectivity index (χ1n) is 10.4. The number of nitrogens with zero attached hydrogens (tertiary/aromatic N) is 1. The Morgan fingerprint density at radius 1 is 0.706 bits per heavy atom. The highest BCUT2D eigenvalue weighted by Crippen LogP contribution is 2.33. The number of unbranched alkanes of at least 4 members (excludes halogenated alkanes) is 4. The number of carbonyl (C=O) groups excluding carboxylic acids is 2. The number of alkyl halides is 6. The number of rotatable bonds is 8. The fourth-order valence-corrected chi connectivity index (χ4v) is 3.24. The van der Waals surface area contributed by atoms with Crippen LogP contribution in [-0.2, 0) is 12.4 Å². The monoisotopic (exact) mass is 495 g/mol. The van der Waals surface area contributed by atoms with Gasteiger partial charge in [-0.15, -0.1) is 0 Å². The van der Waals surface area contributed by atoms with Crippen LogP contribution in [-0.4, -0.2) is 23.3 Å². The summed E-state index contributed by atoms with van der Waals surface area (Å²) in [5.74, 6) is -5.77. The van der Waals surface area contributed by atoms with Crippen LogP contribution >= 0.6 is 0 Å². The molecule has 0 aliphatic carbocycles. The minimum atomic E-state index is -5.00. The van der Waals surface area contributed by atoms with Gasteiger partial charge in [-0.2, -0.15) is 26.3 Å². The molecule has 0 fully saturated rings. The molecular formula is C23H21F8NO2. The Balaban J connectivity index is 2.37. The van der Waals surface area contributed by atoms with Crippen LogP contribution in [0.3, 0.4) is 0 Å². The summed E-state index contributed by atoms with van der Waals surface area (Å²) in [6, 6.07) is 2.75. The summed E-state index contributed by atoms with van der Waals surface area (Å²) in [6.45, 7) is 1.71. The SMILES string of the molecule is CCCCCCCN(C(=O)c1ccc(C(F)(F)F)c(F)c1)C(=O)c1ccc(C(F)(F)F)c(F)c1. The largest absolute Gasteiger partial charge is 0.419 e. The quantitative estimate of drug-likeness (QED) is 0.220. The Kier molecular flexibility index (Phi) is 8.79. The van der Waals surface area contributed by atoms with Gasteiger partial charge in [0, 0.05) is 17.7 Å². The van der Waals surface area contributed by atoms with Gasteiger partial charge in [-0.1, -0.05) is 32.6 Å². The molecule has 0 aliphatic heterocycles. The molecule has 0 saturated heterocycles. The van der Waals surface area contributed by atoms with Gasteiger partial charge in [-0.05, 0) is 42.8 Å². The lowest BCUT2D eigenvalue weighted by Gasteiger charge is -2.22. The number of carbonyl (C=O) groups is 2. The zero-order valence-corrected chi connectivity index (χ0v) is 18.0. The fourth-order valence-electron chi connectivity index (χ4n) is 3.24. The second-order valence-electron chi connectivity index (χ2n) is 7.56. The smallest absolute Gasteiger partial charge is 0.274 e. The average Bonchev–Trinajstić information content (AvgIpc) is 2.73. The van der Waals surface area contributed by atoms with Crippen LogP contribution < -0.4 is 0 Å². The van der Waals surface area contributed by atoms with Crippen LogP contribution in [0.2, 0.25) is 0 Å². The second-order valence-corrected chi connectivity index (χ2v) is 7.56. The number of benzene rings is 2. The van der Waals surface area contributed by atoms with Crippen molar-refractivity contribution in [3.63, 3.8) is 0 Å². The predicted octanol–water partition coefficient (Wildman–Crippen LogP) is 7.26. The van der Waals surface area contributed by atoms with E-state index in [9.17, 15) is 44.7 Å². The number of hydrogen-bond acceptors (Lipinski definition) is 2. The first-order chi connectivity index (χ1) is 15.8. The third-order valence-corrected chi connectivity index (χ3v) is 5.02. The number of amides is 2. The zero-order chi connectivity index (χ0) is 25.7. The van der Waals surface area contributed by atoms with Crippen LogP contribution in [0.4, 0.5) is 35.1 Å². The van der Waals surface area contributed by atoms with Crippen LogP contribution in [0.25, 0.3) is 0 Å². The lowest BCUT2D eigenvalue weighted by molar-refractivity contribution is -0.140. The van der Waals surface area contributed by atoms with E-state index in [4.69, 9.17) is 0 Å². The molecule has 0 bridgehead atoms. The van der Waals surface area contributed by atoms with E-state index in [0.717, 1.165) is 19.3 Å². The van der Waals surface area contributed by atoms with E-state index in [0.29, 0.717) is 47.7 Å². The number of halogens is 8. The van der Waals surface area contributed by atoms with Crippen LogP contribution in [0, 0.1) is 11.6 Å². The summed E-state index contributed by atoms with van der Waals surface area (Å²) < 4.78 is 105. The van der Waals surface area contributed by atoms with Crippen LogP contribution in [0.5, 0.6) is 0 Å². The second kappa shape index (κ2) is 11.0. The van der Waals surface area contributed by atoms with Crippen molar-refractivity contribution in [3.8, 4) is 0 Å². The van der Waals surface area contributed by atoms with Gasteiger partial charge in [-0.25, -0.2) is 8.78 Å². The minimum Gasteiger partial charge on any atom is -0.274 e. The highest BCUT2D eigenvalue weighted by molar-refractivity contribution is 6.10. The van der Waals surface area contributed by atoms with Gasteiger partial charge in [0.25, 0.3) is 11.8 Å². The van der Waals surface area contributed by atoms with Gasteiger partial charge in [0.2, 0.25) is 0 Å². The Labute approximate surface area is 190 Å². The van der Waals surface area contributed by atoms with Crippen molar-refractivity contribution >= 4 is 11.8 Å². The van der Waals surface area contributed by atoms with E-state index >= 15 is 0 Å². The first kappa shape index (κ1) is 27.3. The molecule has 0 radical (unpaired) electrons. The van der Waals surface area contributed by atoms with Gasteiger partial charge in [0.15, 0.2) is 0 Å². The standard InChI is InChI=1S/C23H21F8NO2/c1-2-3-4-5-6-11-32(20(33)14-7-9-16(18(24)12-14)22(26,27)28)21(34)15-8-10-17(19(25)13-15)23(29,30)31/h7-10,12-13H,2-6,11H2,1H3. The molecule has 2 amide bonds. The molecule has 0 heterocycles. The Hall–Kier alpha value is -2.98. The molecule has 0 saturated carbocycles. The molecule has 2 rings (SSSR count). The molecule has 0 spiro atoms. The molecule has 34 heavy (non-hydrogen) atoms. The third-order valence-electron chi connectivity index (χ3n) is 5.02. The van der Waals surface area contributed by atoms with E-state index in [2.05, 4.69) is 0 Å². The molecule has 2 aromatic rings. The molecule has 2 aromatic carbocycles. The molecule has 11 heteroatoms. The fraction of sp³-hybridized carbons (Fsp3) is 0.391. The molecule has 0 aromatic heterocycles. The highest BCUT2D eigenvalue weighted by Gasteiger charge is 2.36. The lowest BCUT2D eigenvalue weighted by Crippen LogP contribution is -2.38. The molecular weight excluding hydrogens is 474 g/mol. The summed E-state index contributed by atoms with van der Waals surface area (Å²) >= 11 is 0. The van der Waals surface area contributed by atoms with E-state index in [1.54, 1.807) is 0 Å². The molecule has 0 N–H and O–H groups in total. The molecule has 0 aliphatic rings. The Morgan fingerprint density at radius 3 is 1.47 bits per heavy atom. The van der Waals surface area contributed by atoms with Crippen molar-refractivity contribution in [1.82, 2.24) is 4.90 Å². The third kappa shape index (κ3) is 6.77. The van der Waals surface area contributed by atoms with Crippen LogP contribution in [0.1, 0.15) is 70.9 Å². The van der Waals surface area contributed by atoms with Crippen molar-refractivity contribution in [1.29, 1.82) is 0 Å². The van der Waals surface area contributed by atoms with Gasteiger partial charge in [0.05, 0.1) is 11.1 Å². The predicted molar refractivity (Wildman–Crippen MR) is 107 cm³/mol. The summed E-state index contributed by atoms with van der Waals surface area (Å²) in [6.07, 6.45) is -6.61. The molecule has 186 valence electrons. The first-order valence-corrected chi connectivity index (χ1v) is 10.4. The zero-order valence-electron chi connectivity index (χ0n) is 18.0. The maximum atomic E-state index is 14.0. The summed E-state index contributed by atoms with van der Waals surface area (Å²) in [5, 5.41) is 0. The van der Waals surface area contributed by atoms with Gasteiger partial charge in [-0.3, -0.25) is 14.5 Å². The summed E-state index contributed by atoms with van der Waals surface area (Å²) in [5.41, 5.74) is -4.35. The maximum Gasteiger partial charge on any atom is 0.419 e. The topological polar surface area (TPSA) is 37.4 Å². The van der Waals surface area contributed by atoms with Crippen molar-refractivity contribution in [2.24, 2.45) is 0 Å². The molecule has 0 atom stereocenters. The van der Waals surface area contributed by atoms with Crippen molar-refractivity contribution in [2.75, 3.05) is 6.54 Å². The van der Waals surface area contributed by atoms with E-state index in [1.807, 2.05) is 6.92 Å². The van der Waals surface area contributed by atoms with Crippen molar-refractivity contribution < 1.29 is 44.7 Å². The normalized spacial score (nSPS) is 12.0. The molecule has 0 unspecified atom stereocenters. The van der Waals surface area contributed by atoms with Gasteiger partial charge >= 0.3 is 12.4 Å². The van der Waals surface area contributed by atoms with E-state index in [1.165, 1.54) is 0 Å². The van der Waals surface area contributed by atoms with Crippen molar-refractivity contribution in [2.45, 2.75) is 51.4 Å². The minimum absolute atomic E-state index is 0.243. The van der Waals surface area contributed by atoms with Crippen LogP contribution in [0.15, 0.2) is 36.4 Å². The van der Waals surface area contributed by atoms with Gasteiger partial charge in [0.1, 0.15) is 11.6 Å². The van der Waals surface area contributed by atoms with Gasteiger partial charge < -0.3 is 0 Å².